The molecule has 0 fully saturated rings. The normalized spacial score (nSPS) is 15.0. The first-order valence-corrected chi connectivity index (χ1v) is 44.5. The molecule has 3 aliphatic heterocycles. The van der Waals surface area contributed by atoms with Crippen LogP contribution in [0, 0.1) is 0 Å². The Hall–Kier alpha value is -15.8. The molecule has 0 N–H and O–H groups in total. The molecule has 5 heterocycles. The quantitative estimate of drug-likeness (QED) is 0.108. The van der Waals surface area contributed by atoms with Crippen molar-refractivity contribution in [1.29, 1.82) is 0 Å². The van der Waals surface area contributed by atoms with E-state index < -0.39 is 120 Å². The van der Waals surface area contributed by atoms with Crippen molar-refractivity contribution in [3.8, 4) is 123 Å². The van der Waals surface area contributed by atoms with Gasteiger partial charge in [-0.15, -0.1) is 0 Å². The van der Waals surface area contributed by atoms with Crippen molar-refractivity contribution >= 4 is 101 Å². The number of benzene rings is 19. The maximum atomic E-state index is 12.6. The van der Waals surface area contributed by atoms with Gasteiger partial charge >= 0.3 is 0 Å². The third-order valence-corrected chi connectivity index (χ3v) is 26.7. The Morgan fingerprint density at radius 2 is 0.588 bits per heavy atom. The zero-order chi connectivity index (χ0) is 104. The number of hydrogen-bond acceptors (Lipinski definition) is 3. The number of para-hydroxylation sites is 5. The Kier molecular flexibility index (Phi) is 14.5. The van der Waals surface area contributed by atoms with Crippen molar-refractivity contribution in [3.63, 3.8) is 0 Å². The number of ether oxygens (including phenoxy) is 1. The second kappa shape index (κ2) is 30.8. The SMILES string of the molecule is [2H]c1c(-c2ccc3c(c2)C(C)(C)c2ccccc2O3)c([2H])c2c3c1N(c1c(-c4cccc(-c5ccccc5)c4)cc(C(C)(C)C)cc1-c1cccc(-c4ccccc4)c1)c1cc(-n4c5c([2H])c([2H])c([2H])c([2H])c5c5c([2H])c([2H])c([2H])c([2H])c54)ccc1B3c1ccc(-n3c4c([2H])c([2H])c([2H])c([2H])c4c4c([2H])c([2H])c([2H])c([2H])c43)cc1N2c1c(-c2cccc(-c3ccccc3)c2)cc(C(C)(C)C)cc1-c1cccc(-c2ccccc2)c1. The Morgan fingerprint density at radius 3 is 0.947 bits per heavy atom. The summed E-state index contributed by atoms with van der Waals surface area (Å²) >= 11 is 0. The van der Waals surface area contributed by atoms with Crippen LogP contribution in [-0.4, -0.2) is 15.8 Å². The van der Waals surface area contributed by atoms with Gasteiger partial charge in [0.05, 0.1) is 58.1 Å². The van der Waals surface area contributed by atoms with E-state index >= 15 is 0 Å². The van der Waals surface area contributed by atoms with Gasteiger partial charge in [-0.2, -0.15) is 0 Å². The Morgan fingerprint density at radius 1 is 0.275 bits per heavy atom. The van der Waals surface area contributed by atoms with E-state index in [9.17, 15) is 24.7 Å². The van der Waals surface area contributed by atoms with Crippen LogP contribution in [0.4, 0.5) is 34.1 Å². The summed E-state index contributed by atoms with van der Waals surface area (Å²) in [5, 5.41) is -0.596. The molecular weight excluding hydrogens is 1580 g/mol. The molecule has 0 unspecified atom stereocenters. The van der Waals surface area contributed by atoms with Crippen molar-refractivity contribution < 1.29 is 29.4 Å². The molecule has 0 spiro atoms. The summed E-state index contributed by atoms with van der Waals surface area (Å²) in [6, 6.07) is 98.8. The molecule has 6 heteroatoms. The van der Waals surface area contributed by atoms with Crippen LogP contribution in [-0.2, 0) is 16.2 Å². The fraction of sp³-hybridized carbons (Fsp3) is 0.0880. The molecule has 0 amide bonds. The number of hydrogen-bond donors (Lipinski definition) is 0. The average molecular weight is 1700 g/mol. The van der Waals surface area contributed by atoms with Crippen LogP contribution in [0.2, 0.25) is 0 Å². The largest absolute Gasteiger partial charge is 0.457 e. The second-order valence-electron chi connectivity index (χ2n) is 37.0. The molecule has 0 radical (unpaired) electrons. The average Bonchev–Trinajstić information content (AvgIpc) is 0.698. The van der Waals surface area contributed by atoms with Gasteiger partial charge in [-0.3, -0.25) is 0 Å². The Labute approximate surface area is 792 Å². The first-order chi connectivity index (χ1) is 71.5. The molecule has 2 aromatic heterocycles. The lowest BCUT2D eigenvalue weighted by atomic mass is 9.33. The first kappa shape index (κ1) is 61.6. The highest BCUT2D eigenvalue weighted by molar-refractivity contribution is 7.00. The van der Waals surface area contributed by atoms with Crippen molar-refractivity contribution in [2.75, 3.05) is 9.80 Å². The smallest absolute Gasteiger partial charge is 0.252 e. The van der Waals surface area contributed by atoms with Gasteiger partial charge in [-0.05, 0) is 243 Å². The van der Waals surface area contributed by atoms with Crippen LogP contribution in [0.25, 0.3) is 155 Å². The minimum absolute atomic E-state index is 0.124. The molecule has 0 aliphatic carbocycles. The molecule has 5 nitrogen and oxygen atoms in total. The Bertz CT molecular complexity index is 8520. The number of anilines is 6. The van der Waals surface area contributed by atoms with Gasteiger partial charge in [0.25, 0.3) is 6.71 Å². The Balaban J connectivity index is 0.953. The summed E-state index contributed by atoms with van der Waals surface area (Å²) < 4.78 is 192. The zero-order valence-corrected chi connectivity index (χ0v) is 73.4. The minimum Gasteiger partial charge on any atom is -0.457 e. The van der Waals surface area contributed by atoms with Crippen molar-refractivity contribution in [2.45, 2.75) is 71.6 Å². The van der Waals surface area contributed by atoms with Gasteiger partial charge in [0.1, 0.15) is 11.5 Å². The maximum Gasteiger partial charge on any atom is 0.252 e. The van der Waals surface area contributed by atoms with Crippen LogP contribution >= 0.6 is 0 Å². The highest BCUT2D eigenvalue weighted by atomic mass is 16.5. The highest BCUT2D eigenvalue weighted by Gasteiger charge is 2.47. The predicted octanol–water partition coefficient (Wildman–Crippen LogP) is 32.0. The monoisotopic (exact) mass is 1700 g/mol. The van der Waals surface area contributed by atoms with E-state index in [2.05, 4.69) is 217 Å². The van der Waals surface area contributed by atoms with Crippen LogP contribution in [0.1, 0.15) is 102 Å². The maximum absolute atomic E-state index is 12.6. The van der Waals surface area contributed by atoms with E-state index in [-0.39, 0.29) is 84.0 Å². The topological polar surface area (TPSA) is 25.6 Å². The van der Waals surface area contributed by atoms with Crippen LogP contribution in [0.5, 0.6) is 11.5 Å². The van der Waals surface area contributed by atoms with Gasteiger partial charge < -0.3 is 23.7 Å². The van der Waals surface area contributed by atoms with Gasteiger partial charge in [0, 0.05) is 94.5 Å². The minimum atomic E-state index is -1.16. The summed E-state index contributed by atoms with van der Waals surface area (Å²) in [6.45, 7) is 16.2. The molecule has 0 saturated heterocycles. The molecule has 624 valence electrons. The van der Waals surface area contributed by atoms with E-state index in [1.807, 2.05) is 158 Å². The van der Waals surface area contributed by atoms with Gasteiger partial charge in [-0.25, -0.2) is 0 Å². The molecular formula is C125H95BN4O. The highest BCUT2D eigenvalue weighted by Crippen LogP contribution is 2.58. The number of fused-ring (bicyclic) bond motifs is 12. The molecule has 3 aliphatic rings. The molecule has 24 rings (SSSR count). The summed E-state index contributed by atoms with van der Waals surface area (Å²) in [5.41, 5.74) is 18.6. The summed E-state index contributed by atoms with van der Waals surface area (Å²) in [5.74, 6) is 1.21. The third-order valence-electron chi connectivity index (χ3n) is 26.7. The number of nitrogens with zero attached hydrogens (tertiary/aromatic N) is 4. The fourth-order valence-corrected chi connectivity index (χ4v) is 20.1. The van der Waals surface area contributed by atoms with Crippen molar-refractivity contribution in [1.82, 2.24) is 9.13 Å². The summed E-state index contributed by atoms with van der Waals surface area (Å²) in [4.78, 5) is 4.32. The first-order valence-electron chi connectivity index (χ1n) is 53.5. The van der Waals surface area contributed by atoms with Crippen LogP contribution < -0.4 is 30.9 Å². The number of rotatable bonds is 13. The second-order valence-corrected chi connectivity index (χ2v) is 37.0. The standard InChI is InChI=1S/C125H95BN4O/c1-123(2,3)94-74-102(89-47-31-43-84(67-89)80-35-13-9-14-36-80)121(103(75-94)90-48-32-44-85(68-90)81-37-15-10-16-38-81)129-114-78-96(127-110-56-26-21-51-98(110)99-52-22-27-57-111(99)127)62-64-108(114)126-109-65-63-97(128-112-58-28-23-53-100(112)101-54-24-29-59-113(101)128)79-115(109)130(117-73-93(72-116(129)120(117)126)88-61-66-119-107(71-88)125(7,8)106-55-25-30-60-118(106)131-119)122-104(91-49-33-45-86(69-91)82-39-17-11-18-40-82)76-95(124(4,5)6)77-105(122)92-50-34-46-87(70-92)83-41-19-12-20-42-83/h9-79H,1-8H3/i21D,22D,23D,24D,26D,27D,28D,29D,51D,52D,53D,54D,56D,57D,58D,59D,72D,73D. The molecule has 0 saturated carbocycles. The van der Waals surface area contributed by atoms with E-state index in [1.165, 1.54) is 9.13 Å². The van der Waals surface area contributed by atoms with Crippen molar-refractivity contribution in [2.24, 2.45) is 0 Å². The van der Waals surface area contributed by atoms with E-state index in [4.69, 9.17) is 4.74 Å². The molecule has 131 heavy (non-hydrogen) atoms. The fourth-order valence-electron chi connectivity index (χ4n) is 20.1. The number of aromatic nitrogens is 2. The third kappa shape index (κ3) is 13.2. The molecule has 0 bridgehead atoms. The van der Waals surface area contributed by atoms with Gasteiger partial charge in [0.15, 0.2) is 0 Å². The summed E-state index contributed by atoms with van der Waals surface area (Å²) in [7, 11) is 0. The lowest BCUT2D eigenvalue weighted by Crippen LogP contribution is -2.61. The van der Waals surface area contributed by atoms with E-state index in [0.717, 1.165) is 89.0 Å². The molecule has 19 aromatic carbocycles. The van der Waals surface area contributed by atoms with Crippen LogP contribution in [0.3, 0.4) is 0 Å². The van der Waals surface area contributed by atoms with E-state index in [0.29, 0.717) is 78.5 Å². The molecule has 0 atom stereocenters. The summed E-state index contributed by atoms with van der Waals surface area (Å²) in [6.07, 6.45) is 0. The molecule has 21 aromatic rings. The van der Waals surface area contributed by atoms with Crippen molar-refractivity contribution in [3.05, 3.63) is 453 Å². The lowest BCUT2D eigenvalue weighted by molar-refractivity contribution is 0.418. The zero-order valence-electron chi connectivity index (χ0n) is 91.4. The predicted molar refractivity (Wildman–Crippen MR) is 554 cm³/mol. The van der Waals surface area contributed by atoms with Crippen LogP contribution in [0.15, 0.2) is 430 Å². The van der Waals surface area contributed by atoms with E-state index in [1.54, 1.807) is 12.1 Å². The lowest BCUT2D eigenvalue weighted by Gasteiger charge is -2.46. The van der Waals surface area contributed by atoms with Gasteiger partial charge in [0.2, 0.25) is 0 Å². The van der Waals surface area contributed by atoms with Gasteiger partial charge in [-0.1, -0.05) is 358 Å².